The lowest BCUT2D eigenvalue weighted by Crippen LogP contribution is -2.19. The van der Waals surface area contributed by atoms with E-state index >= 15 is 0 Å². The maximum absolute atomic E-state index is 5.83. The third kappa shape index (κ3) is 4.69. The Kier molecular flexibility index (Phi) is 5.96. The van der Waals surface area contributed by atoms with Crippen LogP contribution in [0.5, 0.6) is 5.75 Å². The van der Waals surface area contributed by atoms with E-state index in [1.165, 1.54) is 0 Å². The van der Waals surface area contributed by atoms with Crippen LogP contribution < -0.4 is 10.1 Å². The zero-order valence-electron chi connectivity index (χ0n) is 13.1. The van der Waals surface area contributed by atoms with Crippen LogP contribution in [0.25, 0.3) is 10.9 Å². The molecular formula is C17H24N2O2. The summed E-state index contributed by atoms with van der Waals surface area (Å²) in [7, 11) is 1.68. The molecule has 0 bridgehead atoms. The summed E-state index contributed by atoms with van der Waals surface area (Å²) in [5, 5.41) is 4.46. The van der Waals surface area contributed by atoms with Gasteiger partial charge in [0.05, 0.1) is 17.8 Å². The van der Waals surface area contributed by atoms with Crippen molar-refractivity contribution < 1.29 is 9.47 Å². The van der Waals surface area contributed by atoms with Gasteiger partial charge in [-0.3, -0.25) is 4.98 Å². The fourth-order valence-electron chi connectivity index (χ4n) is 2.13. The molecular weight excluding hydrogens is 264 g/mol. The van der Waals surface area contributed by atoms with Gasteiger partial charge in [-0.15, -0.1) is 0 Å². The maximum atomic E-state index is 5.83. The van der Waals surface area contributed by atoms with Gasteiger partial charge in [0.15, 0.2) is 0 Å². The van der Waals surface area contributed by atoms with Gasteiger partial charge >= 0.3 is 0 Å². The number of fused-ring (bicyclic) bond motifs is 1. The standard InChI is InChI=1S/C17H24N2O2/c1-13(2)11-18-12-14-10-17(21-9-8-20-3)15-6-4-5-7-16(15)19-14/h4-7,10,13,18H,8-9,11-12H2,1-3H3. The summed E-state index contributed by atoms with van der Waals surface area (Å²) >= 11 is 0. The van der Waals surface area contributed by atoms with Crippen LogP contribution in [0.4, 0.5) is 0 Å². The number of hydrogen-bond donors (Lipinski definition) is 1. The predicted octanol–water partition coefficient (Wildman–Crippen LogP) is 3.01. The Morgan fingerprint density at radius 3 is 2.76 bits per heavy atom. The van der Waals surface area contributed by atoms with Crippen molar-refractivity contribution in [2.24, 2.45) is 5.92 Å². The molecule has 0 radical (unpaired) electrons. The molecule has 1 heterocycles. The monoisotopic (exact) mass is 288 g/mol. The third-order valence-electron chi connectivity index (χ3n) is 3.13. The quantitative estimate of drug-likeness (QED) is 0.758. The van der Waals surface area contributed by atoms with Crippen LogP contribution in [0, 0.1) is 5.92 Å². The van der Waals surface area contributed by atoms with Crippen molar-refractivity contribution in [3.8, 4) is 5.75 Å². The van der Waals surface area contributed by atoms with Crippen molar-refractivity contribution in [3.05, 3.63) is 36.0 Å². The molecule has 21 heavy (non-hydrogen) atoms. The summed E-state index contributed by atoms with van der Waals surface area (Å²) in [4.78, 5) is 4.69. The molecule has 0 atom stereocenters. The first-order valence-electron chi connectivity index (χ1n) is 7.42. The van der Waals surface area contributed by atoms with E-state index in [1.54, 1.807) is 7.11 Å². The molecule has 0 fully saturated rings. The van der Waals surface area contributed by atoms with E-state index in [1.807, 2.05) is 30.3 Å². The Hall–Kier alpha value is -1.65. The summed E-state index contributed by atoms with van der Waals surface area (Å²) in [5.41, 5.74) is 1.97. The number of pyridine rings is 1. The van der Waals surface area contributed by atoms with Gasteiger partial charge in [0, 0.05) is 25.1 Å². The number of aromatic nitrogens is 1. The fraction of sp³-hybridized carbons (Fsp3) is 0.471. The van der Waals surface area contributed by atoms with Crippen LogP contribution in [0.15, 0.2) is 30.3 Å². The van der Waals surface area contributed by atoms with E-state index in [9.17, 15) is 0 Å². The lowest BCUT2D eigenvalue weighted by atomic mass is 10.1. The number of nitrogens with zero attached hydrogens (tertiary/aromatic N) is 1. The van der Waals surface area contributed by atoms with E-state index < -0.39 is 0 Å². The third-order valence-corrected chi connectivity index (χ3v) is 3.13. The molecule has 0 saturated heterocycles. The van der Waals surface area contributed by atoms with Gasteiger partial charge in [-0.25, -0.2) is 0 Å². The molecule has 0 aliphatic carbocycles. The van der Waals surface area contributed by atoms with E-state index in [0.717, 1.165) is 35.4 Å². The van der Waals surface area contributed by atoms with Gasteiger partial charge < -0.3 is 14.8 Å². The number of nitrogens with one attached hydrogen (secondary N) is 1. The SMILES string of the molecule is COCCOc1cc(CNCC(C)C)nc2ccccc12. The van der Waals surface area contributed by atoms with Crippen molar-refractivity contribution >= 4 is 10.9 Å². The number of ether oxygens (including phenoxy) is 2. The average Bonchev–Trinajstić information content (AvgIpc) is 2.47. The van der Waals surface area contributed by atoms with Crippen molar-refractivity contribution in [1.29, 1.82) is 0 Å². The fourth-order valence-corrected chi connectivity index (χ4v) is 2.13. The Morgan fingerprint density at radius 2 is 2.00 bits per heavy atom. The van der Waals surface area contributed by atoms with Gasteiger partial charge in [-0.1, -0.05) is 26.0 Å². The van der Waals surface area contributed by atoms with Crippen LogP contribution in [0.1, 0.15) is 19.5 Å². The van der Waals surface area contributed by atoms with Crippen LogP contribution in [-0.2, 0) is 11.3 Å². The van der Waals surface area contributed by atoms with Gasteiger partial charge in [0.25, 0.3) is 0 Å². The zero-order valence-corrected chi connectivity index (χ0v) is 13.1. The lowest BCUT2D eigenvalue weighted by molar-refractivity contribution is 0.147. The van der Waals surface area contributed by atoms with E-state index in [-0.39, 0.29) is 0 Å². The molecule has 0 aliphatic rings. The van der Waals surface area contributed by atoms with E-state index in [2.05, 4.69) is 24.1 Å². The number of para-hydroxylation sites is 1. The minimum atomic E-state index is 0.545. The number of rotatable bonds is 8. The molecule has 1 aromatic carbocycles. The average molecular weight is 288 g/mol. The normalized spacial score (nSPS) is 11.2. The molecule has 4 nitrogen and oxygen atoms in total. The number of hydrogen-bond acceptors (Lipinski definition) is 4. The molecule has 114 valence electrons. The van der Waals surface area contributed by atoms with Gasteiger partial charge in [-0.2, -0.15) is 0 Å². The van der Waals surface area contributed by atoms with Crippen molar-refractivity contribution in [1.82, 2.24) is 10.3 Å². The van der Waals surface area contributed by atoms with Crippen molar-refractivity contribution in [3.63, 3.8) is 0 Å². The smallest absolute Gasteiger partial charge is 0.130 e. The summed E-state index contributed by atoms with van der Waals surface area (Å²) in [6.07, 6.45) is 0. The molecule has 0 saturated carbocycles. The molecule has 2 aromatic rings. The largest absolute Gasteiger partial charge is 0.490 e. The van der Waals surface area contributed by atoms with Crippen LogP contribution in [-0.4, -0.2) is 31.9 Å². The van der Waals surface area contributed by atoms with E-state index in [0.29, 0.717) is 19.1 Å². The summed E-state index contributed by atoms with van der Waals surface area (Å²) in [6, 6.07) is 10.1. The molecule has 0 amide bonds. The molecule has 0 spiro atoms. The Balaban J connectivity index is 2.17. The molecule has 2 rings (SSSR count). The highest BCUT2D eigenvalue weighted by molar-refractivity contribution is 5.85. The zero-order chi connectivity index (χ0) is 15.1. The second kappa shape index (κ2) is 7.96. The highest BCUT2D eigenvalue weighted by Gasteiger charge is 2.07. The summed E-state index contributed by atoms with van der Waals surface area (Å²) in [6.45, 7) is 7.25. The lowest BCUT2D eigenvalue weighted by Gasteiger charge is -2.12. The first-order valence-corrected chi connectivity index (χ1v) is 7.42. The van der Waals surface area contributed by atoms with Crippen LogP contribution >= 0.6 is 0 Å². The van der Waals surface area contributed by atoms with Gasteiger partial charge in [0.2, 0.25) is 0 Å². The number of methoxy groups -OCH3 is 1. The van der Waals surface area contributed by atoms with Crippen LogP contribution in [0.3, 0.4) is 0 Å². The molecule has 0 unspecified atom stereocenters. The van der Waals surface area contributed by atoms with Gasteiger partial charge in [-0.05, 0) is 24.6 Å². The maximum Gasteiger partial charge on any atom is 0.130 e. The Morgan fingerprint density at radius 1 is 1.19 bits per heavy atom. The predicted molar refractivity (Wildman–Crippen MR) is 85.7 cm³/mol. The van der Waals surface area contributed by atoms with Crippen molar-refractivity contribution in [2.45, 2.75) is 20.4 Å². The molecule has 1 aromatic heterocycles. The highest BCUT2D eigenvalue weighted by atomic mass is 16.5. The second-order valence-electron chi connectivity index (χ2n) is 5.49. The summed E-state index contributed by atoms with van der Waals surface area (Å²) < 4.78 is 10.9. The highest BCUT2D eigenvalue weighted by Crippen LogP contribution is 2.25. The Bertz CT molecular complexity index is 570. The topological polar surface area (TPSA) is 43.4 Å². The minimum absolute atomic E-state index is 0.545. The second-order valence-corrected chi connectivity index (χ2v) is 5.49. The van der Waals surface area contributed by atoms with Crippen molar-refractivity contribution in [2.75, 3.05) is 26.9 Å². The van der Waals surface area contributed by atoms with Gasteiger partial charge in [0.1, 0.15) is 12.4 Å². The minimum Gasteiger partial charge on any atom is -0.490 e. The molecule has 0 aliphatic heterocycles. The first-order chi connectivity index (χ1) is 10.2. The first kappa shape index (κ1) is 15.7. The number of benzene rings is 1. The molecule has 4 heteroatoms. The Labute approximate surface area is 126 Å². The van der Waals surface area contributed by atoms with E-state index in [4.69, 9.17) is 9.47 Å². The molecule has 1 N–H and O–H groups in total. The van der Waals surface area contributed by atoms with Crippen LogP contribution in [0.2, 0.25) is 0 Å². The summed E-state index contributed by atoms with van der Waals surface area (Å²) in [5.74, 6) is 1.50.